The number of furan rings is 2. The Morgan fingerprint density at radius 1 is 0.793 bits per heavy atom. The Morgan fingerprint density at radius 2 is 1.52 bits per heavy atom. The van der Waals surface area contributed by atoms with Gasteiger partial charge in [-0.15, -0.1) is 0 Å². The second kappa shape index (κ2) is 15.2. The Hall–Kier alpha value is -6.97. The van der Waals surface area contributed by atoms with Gasteiger partial charge in [-0.25, -0.2) is 9.59 Å². The predicted octanol–water partition coefficient (Wildman–Crippen LogP) is 5.02. The molecule has 4 aliphatic rings. The van der Waals surface area contributed by atoms with Crippen LogP contribution in [0.5, 0.6) is 0 Å². The van der Waals surface area contributed by atoms with Crippen molar-refractivity contribution in [2.75, 3.05) is 36.0 Å². The lowest BCUT2D eigenvalue weighted by molar-refractivity contribution is -0.130. The Balaban J connectivity index is 0.761. The predicted molar refractivity (Wildman–Crippen MR) is 205 cm³/mol. The summed E-state index contributed by atoms with van der Waals surface area (Å²) in [5.41, 5.74) is 8.52. The first-order valence-corrected chi connectivity index (χ1v) is 19.2. The molecule has 16 heteroatoms. The molecule has 58 heavy (non-hydrogen) atoms. The van der Waals surface area contributed by atoms with Gasteiger partial charge in [-0.1, -0.05) is 6.07 Å². The summed E-state index contributed by atoms with van der Waals surface area (Å²) in [4.78, 5) is 80.7. The maximum atomic E-state index is 13.4. The van der Waals surface area contributed by atoms with E-state index in [4.69, 9.17) is 18.3 Å². The first kappa shape index (κ1) is 36.7. The Bertz CT molecular complexity index is 2440. The number of amides is 4. The SMILES string of the molecule is O=C(CNC(=O)C1CN(c2ccc3c(c2)CCCc2c(-c4ccoc4)n[nH]c2-3)C(=O)O1)NC[C@H]1CN(c2ccc3c(c2)CCC[C@@H](C(=O)c2ccoc2)C3=O)C(=O)O1. The molecule has 3 aromatic heterocycles. The van der Waals surface area contributed by atoms with E-state index in [-0.39, 0.29) is 37.7 Å². The number of Topliss-reactive ketones (excluding diaryl/α,β-unsaturated/α-hetero) is 2. The minimum Gasteiger partial charge on any atom is -0.472 e. The molecule has 0 saturated carbocycles. The van der Waals surface area contributed by atoms with E-state index in [1.807, 2.05) is 24.3 Å². The van der Waals surface area contributed by atoms with Crippen molar-refractivity contribution in [3.63, 3.8) is 0 Å². The van der Waals surface area contributed by atoms with Crippen LogP contribution in [0.25, 0.3) is 22.5 Å². The van der Waals surface area contributed by atoms with E-state index in [1.165, 1.54) is 22.3 Å². The number of cyclic esters (lactones) is 2. The number of ether oxygens (including phenoxy) is 2. The smallest absolute Gasteiger partial charge is 0.415 e. The number of nitrogens with zero attached hydrogens (tertiary/aromatic N) is 3. The number of hydrogen-bond donors (Lipinski definition) is 3. The van der Waals surface area contributed by atoms with Gasteiger partial charge in [0.25, 0.3) is 5.91 Å². The molecule has 2 aliphatic heterocycles. The number of aryl methyl sites for hydroxylation is 2. The highest BCUT2D eigenvalue weighted by Crippen LogP contribution is 2.38. The molecule has 0 spiro atoms. The number of carbonyl (C=O) groups excluding carboxylic acids is 6. The van der Waals surface area contributed by atoms with Gasteiger partial charge < -0.3 is 28.9 Å². The third-order valence-corrected chi connectivity index (χ3v) is 11.2. The molecule has 2 aromatic carbocycles. The number of carbonyl (C=O) groups is 6. The third-order valence-electron chi connectivity index (χ3n) is 11.2. The van der Waals surface area contributed by atoms with E-state index in [0.717, 1.165) is 58.5 Å². The first-order valence-electron chi connectivity index (χ1n) is 19.2. The normalized spacial score (nSPS) is 20.0. The molecular weight excluding hydrogens is 748 g/mol. The molecule has 4 amide bonds. The van der Waals surface area contributed by atoms with Crippen LogP contribution in [-0.4, -0.2) is 84.2 Å². The third kappa shape index (κ3) is 6.90. The van der Waals surface area contributed by atoms with Gasteiger partial charge in [0.2, 0.25) is 5.91 Å². The van der Waals surface area contributed by atoms with Gasteiger partial charge in [0.15, 0.2) is 17.7 Å². The monoisotopic (exact) mass is 786 g/mol. The zero-order valence-electron chi connectivity index (χ0n) is 31.2. The lowest BCUT2D eigenvalue weighted by Crippen LogP contribution is -2.44. The Kier molecular flexibility index (Phi) is 9.59. The average Bonchev–Trinajstić information content (AvgIpc) is 4.08. The maximum absolute atomic E-state index is 13.4. The van der Waals surface area contributed by atoms with Crippen LogP contribution in [0, 0.1) is 5.92 Å². The molecule has 5 aromatic rings. The van der Waals surface area contributed by atoms with Gasteiger partial charge in [0.05, 0.1) is 67.8 Å². The summed E-state index contributed by atoms with van der Waals surface area (Å²) in [6, 6.07) is 14.2. The van der Waals surface area contributed by atoms with Crippen LogP contribution in [0.4, 0.5) is 21.0 Å². The number of anilines is 2. The zero-order valence-corrected chi connectivity index (χ0v) is 31.2. The van der Waals surface area contributed by atoms with Crippen molar-refractivity contribution in [1.29, 1.82) is 0 Å². The van der Waals surface area contributed by atoms with Gasteiger partial charge in [0.1, 0.15) is 12.4 Å². The van der Waals surface area contributed by atoms with Crippen molar-refractivity contribution < 1.29 is 47.1 Å². The summed E-state index contributed by atoms with van der Waals surface area (Å²) in [6.07, 6.45) is 7.03. The number of fused-ring (bicyclic) bond motifs is 4. The highest BCUT2D eigenvalue weighted by atomic mass is 16.6. The molecule has 3 N–H and O–H groups in total. The number of benzene rings is 2. The van der Waals surface area contributed by atoms with Crippen LogP contribution in [-0.2, 0) is 38.3 Å². The van der Waals surface area contributed by atoms with E-state index in [9.17, 15) is 28.8 Å². The van der Waals surface area contributed by atoms with E-state index < -0.39 is 42.1 Å². The largest absolute Gasteiger partial charge is 0.472 e. The zero-order chi connectivity index (χ0) is 39.9. The summed E-state index contributed by atoms with van der Waals surface area (Å²) in [7, 11) is 0. The van der Waals surface area contributed by atoms with Gasteiger partial charge in [-0.05, 0) is 92.1 Å². The van der Waals surface area contributed by atoms with Crippen molar-refractivity contribution in [2.24, 2.45) is 5.92 Å². The van der Waals surface area contributed by atoms with E-state index >= 15 is 0 Å². The highest BCUT2D eigenvalue weighted by Gasteiger charge is 2.39. The second-order valence-electron chi connectivity index (χ2n) is 14.8. The fraction of sp³-hybridized carbons (Fsp3) is 0.310. The summed E-state index contributed by atoms with van der Waals surface area (Å²) in [5, 5.41) is 12.9. The van der Waals surface area contributed by atoms with E-state index in [2.05, 4.69) is 20.8 Å². The van der Waals surface area contributed by atoms with Gasteiger partial charge in [-0.3, -0.25) is 34.1 Å². The Labute approximate surface area is 330 Å². The number of rotatable bonds is 10. The molecule has 16 nitrogen and oxygen atoms in total. The standard InChI is InChI=1S/C42H38N6O10/c49-35(43-17-29-19-47(41(53)57-29)27-8-10-31-24(16-27)4-2-6-33(39(31)51)38(50)26-12-14-56-22-26)18-44-40(52)34-20-48(42(54)58-34)28-7-9-30-23(15-28)3-1-5-32-36(45-46-37(30)32)25-11-13-55-21-25/h7-16,21-22,29,33-34H,1-6,17-20H2,(H,43,49)(H,44,52)(H,45,46)/t29-,33-,34?/m0/s1. The lowest BCUT2D eigenvalue weighted by atomic mass is 9.89. The van der Waals surface area contributed by atoms with E-state index in [0.29, 0.717) is 41.8 Å². The second-order valence-corrected chi connectivity index (χ2v) is 14.8. The summed E-state index contributed by atoms with van der Waals surface area (Å²) in [5.74, 6) is -2.47. The topological polar surface area (TPSA) is 206 Å². The summed E-state index contributed by atoms with van der Waals surface area (Å²) < 4.78 is 21.2. The number of hydrogen-bond acceptors (Lipinski definition) is 11. The highest BCUT2D eigenvalue weighted by molar-refractivity contribution is 6.16. The number of nitrogens with one attached hydrogen (secondary N) is 3. The molecular formula is C42H38N6O10. The van der Waals surface area contributed by atoms with Gasteiger partial charge in [0, 0.05) is 33.6 Å². The van der Waals surface area contributed by atoms with Crippen molar-refractivity contribution in [3.8, 4) is 22.5 Å². The van der Waals surface area contributed by atoms with Crippen LogP contribution in [0.15, 0.2) is 82.4 Å². The number of ketones is 2. The van der Waals surface area contributed by atoms with Crippen LogP contribution >= 0.6 is 0 Å². The van der Waals surface area contributed by atoms with Crippen LogP contribution < -0.4 is 20.4 Å². The molecule has 3 atom stereocenters. The van der Waals surface area contributed by atoms with Crippen LogP contribution in [0.2, 0.25) is 0 Å². The van der Waals surface area contributed by atoms with Gasteiger partial charge >= 0.3 is 12.2 Å². The molecule has 2 aliphatic carbocycles. The van der Waals surface area contributed by atoms with Crippen molar-refractivity contribution in [3.05, 3.63) is 101 Å². The number of aromatic nitrogens is 2. The maximum Gasteiger partial charge on any atom is 0.415 e. The molecule has 0 bridgehead atoms. The Morgan fingerprint density at radius 3 is 2.29 bits per heavy atom. The van der Waals surface area contributed by atoms with Crippen LogP contribution in [0.3, 0.4) is 0 Å². The molecule has 2 fully saturated rings. The molecule has 2 saturated heterocycles. The summed E-state index contributed by atoms with van der Waals surface area (Å²) in [6.45, 7) is -0.273. The molecule has 1 unspecified atom stereocenters. The number of aromatic amines is 1. The van der Waals surface area contributed by atoms with E-state index in [1.54, 1.807) is 36.8 Å². The minimum atomic E-state index is -1.13. The van der Waals surface area contributed by atoms with Crippen molar-refractivity contribution >= 4 is 46.9 Å². The molecule has 5 heterocycles. The van der Waals surface area contributed by atoms with Crippen molar-refractivity contribution in [2.45, 2.75) is 50.7 Å². The number of H-pyrrole nitrogens is 1. The van der Waals surface area contributed by atoms with Crippen LogP contribution in [0.1, 0.15) is 56.7 Å². The fourth-order valence-corrected chi connectivity index (χ4v) is 8.21. The lowest BCUT2D eigenvalue weighted by Gasteiger charge is -2.16. The van der Waals surface area contributed by atoms with Gasteiger partial charge in [-0.2, -0.15) is 5.10 Å². The molecule has 9 rings (SSSR count). The minimum absolute atomic E-state index is 0.00657. The quantitative estimate of drug-likeness (QED) is 0.0974. The fourth-order valence-electron chi connectivity index (χ4n) is 8.21. The molecule has 296 valence electrons. The first-order chi connectivity index (χ1) is 28.2. The average molecular weight is 787 g/mol. The van der Waals surface area contributed by atoms with Crippen molar-refractivity contribution in [1.82, 2.24) is 20.8 Å². The molecule has 0 radical (unpaired) electrons. The summed E-state index contributed by atoms with van der Waals surface area (Å²) >= 11 is 0.